The number of aliphatic hydroxyl groups excluding tert-OH is 2. The third-order valence-electron chi connectivity index (χ3n) is 3.30. The van der Waals surface area contributed by atoms with Gasteiger partial charge in [-0.1, -0.05) is 17.3 Å². The molecule has 1 aliphatic heterocycles. The van der Waals surface area contributed by atoms with Crippen LogP contribution in [0, 0.1) is 0 Å². The Labute approximate surface area is 108 Å². The summed E-state index contributed by atoms with van der Waals surface area (Å²) in [4.78, 5) is 14.0. The summed E-state index contributed by atoms with van der Waals surface area (Å²) in [5, 5.41) is 27.3. The highest BCUT2D eigenvalue weighted by Crippen LogP contribution is 2.10. The van der Waals surface area contributed by atoms with Crippen LogP contribution < -0.4 is 5.56 Å². The molecule has 1 saturated heterocycles. The van der Waals surface area contributed by atoms with E-state index in [9.17, 15) is 15.0 Å². The number of benzene rings is 1. The molecular weight excluding hydrogens is 248 g/mol. The molecule has 1 aromatic heterocycles. The smallest absolute Gasteiger partial charge is 0.278 e. The van der Waals surface area contributed by atoms with E-state index in [0.717, 1.165) is 0 Å². The van der Waals surface area contributed by atoms with Gasteiger partial charge in [-0.05, 0) is 12.1 Å². The van der Waals surface area contributed by atoms with Crippen LogP contribution in [0.25, 0.3) is 10.9 Å². The molecule has 7 heteroatoms. The topological polar surface area (TPSA) is 91.5 Å². The summed E-state index contributed by atoms with van der Waals surface area (Å²) in [6.07, 6.45) is -1.55. The summed E-state index contributed by atoms with van der Waals surface area (Å²) in [6, 6.07) is 7.01. The highest BCUT2D eigenvalue weighted by molar-refractivity contribution is 5.76. The van der Waals surface area contributed by atoms with Gasteiger partial charge in [0, 0.05) is 13.1 Å². The summed E-state index contributed by atoms with van der Waals surface area (Å²) in [7, 11) is 0. The Morgan fingerprint density at radius 1 is 1.21 bits per heavy atom. The van der Waals surface area contributed by atoms with E-state index in [1.165, 1.54) is 4.68 Å². The van der Waals surface area contributed by atoms with Gasteiger partial charge in [0.2, 0.25) is 0 Å². The van der Waals surface area contributed by atoms with Crippen molar-refractivity contribution in [2.75, 3.05) is 13.1 Å². The normalized spacial score (nSPS) is 24.1. The van der Waals surface area contributed by atoms with Gasteiger partial charge in [0.25, 0.3) is 5.56 Å². The number of fused-ring (bicyclic) bond motifs is 1. The van der Waals surface area contributed by atoms with Crippen molar-refractivity contribution in [3.8, 4) is 0 Å². The maximum absolute atomic E-state index is 12.2. The van der Waals surface area contributed by atoms with Crippen LogP contribution in [-0.2, 0) is 6.67 Å². The third-order valence-corrected chi connectivity index (χ3v) is 3.30. The Balaban J connectivity index is 1.90. The lowest BCUT2D eigenvalue weighted by Gasteiger charge is -2.14. The van der Waals surface area contributed by atoms with Gasteiger partial charge in [-0.2, -0.15) is 4.68 Å². The zero-order valence-electron chi connectivity index (χ0n) is 10.2. The Bertz CT molecular complexity index is 647. The summed E-state index contributed by atoms with van der Waals surface area (Å²) >= 11 is 0. The molecule has 3 rings (SSSR count). The van der Waals surface area contributed by atoms with E-state index >= 15 is 0 Å². The number of rotatable bonds is 2. The second-order valence-corrected chi connectivity index (χ2v) is 4.72. The molecule has 0 amide bonds. The fourth-order valence-electron chi connectivity index (χ4n) is 2.27. The summed E-state index contributed by atoms with van der Waals surface area (Å²) < 4.78 is 1.24. The van der Waals surface area contributed by atoms with E-state index in [1.54, 1.807) is 29.2 Å². The predicted octanol–water partition coefficient (Wildman–Crippen LogP) is -1.21. The molecule has 2 atom stereocenters. The predicted molar refractivity (Wildman–Crippen MR) is 67.4 cm³/mol. The minimum absolute atomic E-state index is 0.213. The first-order valence-electron chi connectivity index (χ1n) is 6.06. The molecule has 1 aromatic carbocycles. The van der Waals surface area contributed by atoms with E-state index in [-0.39, 0.29) is 12.2 Å². The van der Waals surface area contributed by atoms with Crippen molar-refractivity contribution in [2.24, 2.45) is 0 Å². The van der Waals surface area contributed by atoms with Crippen LogP contribution in [0.2, 0.25) is 0 Å². The molecule has 100 valence electrons. The van der Waals surface area contributed by atoms with Crippen LogP contribution in [0.4, 0.5) is 0 Å². The zero-order chi connectivity index (χ0) is 13.4. The van der Waals surface area contributed by atoms with Crippen molar-refractivity contribution in [1.29, 1.82) is 0 Å². The van der Waals surface area contributed by atoms with Crippen LogP contribution in [0.5, 0.6) is 0 Å². The van der Waals surface area contributed by atoms with E-state index < -0.39 is 12.2 Å². The molecule has 2 N–H and O–H groups in total. The zero-order valence-corrected chi connectivity index (χ0v) is 10.2. The number of likely N-dealkylation sites (tertiary alicyclic amines) is 1. The number of aromatic nitrogens is 3. The standard InChI is InChI=1S/C12H14N4O3/c17-10-5-15(6-11(10)18)7-16-12(19)8-3-1-2-4-9(8)13-14-16/h1-4,10-11,17-18H,5-7H2/t10-,11+. The van der Waals surface area contributed by atoms with Gasteiger partial charge in [-0.3, -0.25) is 9.69 Å². The van der Waals surface area contributed by atoms with E-state index in [4.69, 9.17) is 0 Å². The third kappa shape index (κ3) is 2.23. The second-order valence-electron chi connectivity index (χ2n) is 4.72. The highest BCUT2D eigenvalue weighted by atomic mass is 16.3. The Morgan fingerprint density at radius 2 is 1.89 bits per heavy atom. The molecule has 19 heavy (non-hydrogen) atoms. The summed E-state index contributed by atoms with van der Waals surface area (Å²) in [6.45, 7) is 0.856. The van der Waals surface area contributed by atoms with Crippen LogP contribution in [-0.4, -0.2) is 55.4 Å². The molecule has 2 heterocycles. The highest BCUT2D eigenvalue weighted by Gasteiger charge is 2.29. The van der Waals surface area contributed by atoms with Crippen molar-refractivity contribution < 1.29 is 10.2 Å². The average molecular weight is 262 g/mol. The molecule has 1 fully saturated rings. The Kier molecular flexibility index (Phi) is 3.02. The van der Waals surface area contributed by atoms with Gasteiger partial charge in [0.05, 0.1) is 24.3 Å². The minimum Gasteiger partial charge on any atom is -0.389 e. The van der Waals surface area contributed by atoms with Gasteiger partial charge in [-0.15, -0.1) is 5.10 Å². The van der Waals surface area contributed by atoms with Crippen molar-refractivity contribution >= 4 is 10.9 Å². The van der Waals surface area contributed by atoms with Crippen molar-refractivity contribution in [2.45, 2.75) is 18.9 Å². The largest absolute Gasteiger partial charge is 0.389 e. The van der Waals surface area contributed by atoms with E-state index in [2.05, 4.69) is 10.3 Å². The SMILES string of the molecule is O=c1c2ccccc2nnn1CN1C[C@@H](O)[C@@H](O)C1. The fourth-order valence-corrected chi connectivity index (χ4v) is 2.27. The molecule has 7 nitrogen and oxygen atoms in total. The van der Waals surface area contributed by atoms with Gasteiger partial charge >= 0.3 is 0 Å². The van der Waals surface area contributed by atoms with Crippen LogP contribution >= 0.6 is 0 Å². The van der Waals surface area contributed by atoms with Crippen molar-refractivity contribution in [3.05, 3.63) is 34.6 Å². The van der Waals surface area contributed by atoms with Crippen molar-refractivity contribution in [3.63, 3.8) is 0 Å². The number of hydrogen-bond acceptors (Lipinski definition) is 6. The summed E-state index contributed by atoms with van der Waals surface area (Å²) in [5.41, 5.74) is 0.340. The van der Waals surface area contributed by atoms with E-state index in [1.807, 2.05) is 0 Å². The number of β-amino-alcohol motifs (C(OH)–C–C–N with tert-alkyl or cyclic N) is 2. The lowest BCUT2D eigenvalue weighted by Crippen LogP contribution is -2.34. The first-order chi connectivity index (χ1) is 9.15. The molecule has 0 bridgehead atoms. The lowest BCUT2D eigenvalue weighted by atomic mass is 10.2. The molecule has 1 aliphatic rings. The Hall–Kier alpha value is -1.83. The first-order valence-corrected chi connectivity index (χ1v) is 6.06. The number of hydrogen-bond donors (Lipinski definition) is 2. The van der Waals surface area contributed by atoms with Gasteiger partial charge < -0.3 is 10.2 Å². The fraction of sp³-hybridized carbons (Fsp3) is 0.417. The second kappa shape index (κ2) is 4.69. The lowest BCUT2D eigenvalue weighted by molar-refractivity contribution is 0.0572. The van der Waals surface area contributed by atoms with Crippen molar-refractivity contribution in [1.82, 2.24) is 19.9 Å². The maximum Gasteiger partial charge on any atom is 0.278 e. The van der Waals surface area contributed by atoms with Gasteiger partial charge in [0.15, 0.2) is 0 Å². The average Bonchev–Trinajstić information content (AvgIpc) is 2.72. The number of aliphatic hydroxyl groups is 2. The molecule has 2 aromatic rings. The van der Waals surface area contributed by atoms with Crippen LogP contribution in [0.15, 0.2) is 29.1 Å². The van der Waals surface area contributed by atoms with Crippen LogP contribution in [0.3, 0.4) is 0 Å². The molecule has 0 saturated carbocycles. The van der Waals surface area contributed by atoms with Gasteiger partial charge in [-0.25, -0.2) is 0 Å². The molecule has 0 unspecified atom stereocenters. The maximum atomic E-state index is 12.2. The quantitative estimate of drug-likeness (QED) is 0.705. The number of nitrogens with zero attached hydrogens (tertiary/aromatic N) is 4. The monoisotopic (exact) mass is 262 g/mol. The van der Waals surface area contributed by atoms with Crippen LogP contribution in [0.1, 0.15) is 0 Å². The Morgan fingerprint density at radius 3 is 2.63 bits per heavy atom. The summed E-state index contributed by atoms with van der Waals surface area (Å²) in [5.74, 6) is 0. The molecule has 0 spiro atoms. The molecule has 0 aliphatic carbocycles. The molecular formula is C12H14N4O3. The molecule has 0 radical (unpaired) electrons. The van der Waals surface area contributed by atoms with E-state index in [0.29, 0.717) is 24.0 Å². The minimum atomic E-state index is -0.774. The first kappa shape index (κ1) is 12.2. The van der Waals surface area contributed by atoms with Gasteiger partial charge in [0.1, 0.15) is 5.52 Å².